The second-order valence-electron chi connectivity index (χ2n) is 12.1. The number of hydrogen-bond acceptors (Lipinski definition) is 6. The van der Waals surface area contributed by atoms with Crippen molar-refractivity contribution in [2.75, 3.05) is 21.3 Å². The SMILES string of the molecule is Cc1ccc([C@@H](O)CBr)cc1NC=O.Cc1ccc([C@@H](O)CCCCc2ccc(Nc3ccc(-n4[nH]c(=O)cc4C)cc3)cc2)cc1NC=O. The first-order valence-corrected chi connectivity index (χ1v) is 17.5. The van der Waals surface area contributed by atoms with Crippen LogP contribution in [-0.4, -0.2) is 38.1 Å². The van der Waals surface area contributed by atoms with Gasteiger partial charge in [0.2, 0.25) is 12.8 Å². The highest BCUT2D eigenvalue weighted by Crippen LogP contribution is 2.26. The molecule has 0 aliphatic heterocycles. The number of H-pyrrole nitrogens is 1. The number of carbonyl (C=O) groups is 2. The molecule has 1 heterocycles. The molecule has 1 aromatic heterocycles. The zero-order valence-corrected chi connectivity index (χ0v) is 30.0. The summed E-state index contributed by atoms with van der Waals surface area (Å²) in [6, 6.07) is 29.0. The van der Waals surface area contributed by atoms with E-state index in [-0.39, 0.29) is 5.56 Å². The van der Waals surface area contributed by atoms with Crippen LogP contribution in [0, 0.1) is 20.8 Å². The number of halogens is 1. The fourth-order valence-electron chi connectivity index (χ4n) is 5.42. The fourth-order valence-corrected chi connectivity index (χ4v) is 5.80. The highest BCUT2D eigenvalue weighted by molar-refractivity contribution is 9.09. The molecule has 10 nitrogen and oxygen atoms in total. The number of aliphatic hydroxyl groups excluding tert-OH is 2. The molecule has 11 heteroatoms. The molecule has 0 radical (unpaired) electrons. The summed E-state index contributed by atoms with van der Waals surface area (Å²) in [7, 11) is 0. The van der Waals surface area contributed by atoms with Gasteiger partial charge in [0.15, 0.2) is 0 Å². The van der Waals surface area contributed by atoms with Crippen molar-refractivity contribution in [1.29, 1.82) is 0 Å². The Hall–Kier alpha value is -4.97. The molecule has 0 spiro atoms. The summed E-state index contributed by atoms with van der Waals surface area (Å²) in [6.07, 6.45) is 3.72. The van der Waals surface area contributed by atoms with Crippen LogP contribution in [0.25, 0.3) is 5.69 Å². The van der Waals surface area contributed by atoms with Gasteiger partial charge in [0, 0.05) is 39.8 Å². The lowest BCUT2D eigenvalue weighted by Crippen LogP contribution is -2.04. The quantitative estimate of drug-likeness (QED) is 0.0371. The number of nitrogens with one attached hydrogen (secondary N) is 4. The summed E-state index contributed by atoms with van der Waals surface area (Å²) in [4.78, 5) is 32.6. The number of anilines is 4. The Morgan fingerprint density at radius 3 is 1.78 bits per heavy atom. The lowest BCUT2D eigenvalue weighted by Gasteiger charge is -2.14. The number of benzene rings is 4. The molecular formula is C39H44BrN5O5. The van der Waals surface area contributed by atoms with Crippen molar-refractivity contribution >= 4 is 51.5 Å². The van der Waals surface area contributed by atoms with E-state index < -0.39 is 12.2 Å². The smallest absolute Gasteiger partial charge is 0.264 e. The zero-order chi connectivity index (χ0) is 36.0. The van der Waals surface area contributed by atoms with Gasteiger partial charge in [-0.15, -0.1) is 0 Å². The van der Waals surface area contributed by atoms with Crippen molar-refractivity contribution in [3.05, 3.63) is 135 Å². The van der Waals surface area contributed by atoms with Crippen LogP contribution in [0.3, 0.4) is 0 Å². The topological polar surface area (TPSA) is 148 Å². The van der Waals surface area contributed by atoms with E-state index in [4.69, 9.17) is 0 Å². The Morgan fingerprint density at radius 1 is 0.740 bits per heavy atom. The van der Waals surface area contributed by atoms with Crippen molar-refractivity contribution in [3.63, 3.8) is 0 Å². The van der Waals surface area contributed by atoms with Gasteiger partial charge in [-0.25, -0.2) is 0 Å². The number of unbranched alkanes of at least 4 members (excludes halogenated alkanes) is 1. The zero-order valence-electron chi connectivity index (χ0n) is 28.4. The van der Waals surface area contributed by atoms with Gasteiger partial charge in [-0.05, 0) is 116 Å². The number of amides is 2. The molecule has 5 aromatic rings. The molecule has 0 fully saturated rings. The summed E-state index contributed by atoms with van der Waals surface area (Å²) in [6.45, 7) is 5.71. The standard InChI is InChI=1S/C29H32N4O3.C10H12BrNO2/c1-20-7-10-23(18-27(20)30-19-34)28(35)6-4-3-5-22-8-11-24(12-9-22)31-25-13-15-26(16-14-25)33-21(2)17-29(36)32-33;1-7-2-3-8(10(14)5-11)4-9(7)12-6-13/h7-19,28,31,35H,3-6H2,1-2H3,(H,30,34)(H,32,36);2-4,6,10,14H,5H2,1H3,(H,12,13)/t28-;10-/m00/s1. The molecule has 0 unspecified atom stereocenters. The Bertz CT molecular complexity index is 1900. The monoisotopic (exact) mass is 741 g/mol. The molecule has 0 bridgehead atoms. The molecule has 0 saturated carbocycles. The second kappa shape index (κ2) is 18.7. The summed E-state index contributed by atoms with van der Waals surface area (Å²) in [5.74, 6) is 0. The predicted molar refractivity (Wildman–Crippen MR) is 204 cm³/mol. The van der Waals surface area contributed by atoms with E-state index in [9.17, 15) is 24.6 Å². The normalized spacial score (nSPS) is 11.9. The van der Waals surface area contributed by atoms with Gasteiger partial charge in [-0.3, -0.25) is 24.2 Å². The van der Waals surface area contributed by atoms with Crippen molar-refractivity contribution in [1.82, 2.24) is 9.78 Å². The van der Waals surface area contributed by atoms with Gasteiger partial charge in [-0.1, -0.05) is 58.7 Å². The summed E-state index contributed by atoms with van der Waals surface area (Å²) in [5.41, 5.74) is 9.91. The lowest BCUT2D eigenvalue weighted by molar-refractivity contribution is -0.106. The average molecular weight is 743 g/mol. The minimum Gasteiger partial charge on any atom is -0.388 e. The van der Waals surface area contributed by atoms with Crippen LogP contribution in [0.1, 0.15) is 65.0 Å². The van der Waals surface area contributed by atoms with Gasteiger partial charge in [0.05, 0.1) is 17.9 Å². The van der Waals surface area contributed by atoms with Crippen molar-refractivity contribution in [2.24, 2.45) is 0 Å². The van der Waals surface area contributed by atoms with E-state index >= 15 is 0 Å². The third kappa shape index (κ3) is 10.8. The first-order valence-electron chi connectivity index (χ1n) is 16.4. The van der Waals surface area contributed by atoms with Crippen LogP contribution in [0.15, 0.2) is 95.8 Å². The Balaban J connectivity index is 0.000000337. The van der Waals surface area contributed by atoms with Gasteiger partial charge < -0.3 is 26.2 Å². The van der Waals surface area contributed by atoms with E-state index in [0.29, 0.717) is 24.6 Å². The third-order valence-corrected chi connectivity index (χ3v) is 8.96. The van der Waals surface area contributed by atoms with E-state index in [1.807, 2.05) is 75.4 Å². The Kier molecular flexibility index (Phi) is 14.2. The van der Waals surface area contributed by atoms with Crippen molar-refractivity contribution in [3.8, 4) is 5.69 Å². The van der Waals surface area contributed by atoms with Gasteiger partial charge in [0.25, 0.3) is 5.56 Å². The molecule has 2 atom stereocenters. The third-order valence-electron chi connectivity index (χ3n) is 8.34. The maximum atomic E-state index is 11.5. The summed E-state index contributed by atoms with van der Waals surface area (Å²) in [5, 5.41) is 32.0. The number of carbonyl (C=O) groups excluding carboxylic acids is 2. The number of hydrogen-bond donors (Lipinski definition) is 6. The number of aromatic amines is 1. The number of aryl methyl sites for hydroxylation is 4. The molecule has 0 saturated heterocycles. The van der Waals surface area contributed by atoms with Crippen LogP contribution >= 0.6 is 15.9 Å². The Labute approximate surface area is 300 Å². The maximum Gasteiger partial charge on any atom is 0.264 e. The highest BCUT2D eigenvalue weighted by Gasteiger charge is 2.10. The molecule has 4 aromatic carbocycles. The molecule has 0 aliphatic rings. The van der Waals surface area contributed by atoms with Crippen molar-refractivity contribution in [2.45, 2.75) is 58.7 Å². The molecule has 0 aliphatic carbocycles. The van der Waals surface area contributed by atoms with Crippen LogP contribution in [0.2, 0.25) is 0 Å². The summed E-state index contributed by atoms with van der Waals surface area (Å²) >= 11 is 3.19. The van der Waals surface area contributed by atoms with Gasteiger partial charge in [0.1, 0.15) is 0 Å². The van der Waals surface area contributed by atoms with Crippen LogP contribution < -0.4 is 21.5 Å². The first kappa shape index (κ1) is 37.8. The molecule has 262 valence electrons. The van der Waals surface area contributed by atoms with E-state index in [0.717, 1.165) is 75.6 Å². The minimum atomic E-state index is -0.544. The van der Waals surface area contributed by atoms with Gasteiger partial charge in [-0.2, -0.15) is 0 Å². The number of alkyl halides is 1. The number of nitrogens with zero attached hydrogens (tertiary/aromatic N) is 1. The highest BCUT2D eigenvalue weighted by atomic mass is 79.9. The number of aromatic nitrogens is 2. The van der Waals surface area contributed by atoms with E-state index in [1.165, 1.54) is 5.56 Å². The largest absolute Gasteiger partial charge is 0.388 e. The Morgan fingerprint density at radius 2 is 1.28 bits per heavy atom. The van der Waals surface area contributed by atoms with E-state index in [2.05, 4.69) is 61.2 Å². The lowest BCUT2D eigenvalue weighted by atomic mass is 9.99. The fraction of sp³-hybridized carbons (Fsp3) is 0.256. The average Bonchev–Trinajstić information content (AvgIpc) is 3.46. The summed E-state index contributed by atoms with van der Waals surface area (Å²) < 4.78 is 1.77. The second-order valence-corrected chi connectivity index (χ2v) is 12.7. The van der Waals surface area contributed by atoms with Crippen LogP contribution in [-0.2, 0) is 16.0 Å². The first-order chi connectivity index (χ1) is 24.1. The number of aliphatic hydroxyl groups is 2. The molecular weight excluding hydrogens is 698 g/mol. The van der Waals surface area contributed by atoms with Crippen LogP contribution in [0.5, 0.6) is 0 Å². The maximum absolute atomic E-state index is 11.5. The van der Waals surface area contributed by atoms with Gasteiger partial charge >= 0.3 is 0 Å². The van der Waals surface area contributed by atoms with Crippen molar-refractivity contribution < 1.29 is 19.8 Å². The minimum absolute atomic E-state index is 0.112. The van der Waals surface area contributed by atoms with Crippen LogP contribution in [0.4, 0.5) is 22.7 Å². The number of rotatable bonds is 15. The molecule has 6 N–H and O–H groups in total. The van der Waals surface area contributed by atoms with E-state index in [1.54, 1.807) is 16.8 Å². The molecule has 2 amide bonds. The molecule has 50 heavy (non-hydrogen) atoms. The molecule has 5 rings (SSSR count). The predicted octanol–water partition coefficient (Wildman–Crippen LogP) is 7.53.